The highest BCUT2D eigenvalue weighted by atomic mass is 16.5. The first kappa shape index (κ1) is 10.7. The van der Waals surface area contributed by atoms with Gasteiger partial charge in [-0.05, 0) is 14.0 Å². The van der Waals surface area contributed by atoms with Crippen molar-refractivity contribution in [2.24, 2.45) is 0 Å². The van der Waals surface area contributed by atoms with Crippen molar-refractivity contribution in [3.05, 3.63) is 17.5 Å². The number of likely N-dealkylation sites (N-methyl/N-ethyl adjacent to an activating group) is 2. The second-order valence-electron chi connectivity index (χ2n) is 3.17. The fraction of sp³-hybridized carbons (Fsp3) is 0.556. The van der Waals surface area contributed by atoms with Crippen molar-refractivity contribution >= 4 is 5.91 Å². The van der Waals surface area contributed by atoms with Crippen LogP contribution in [0.4, 0.5) is 0 Å². The van der Waals surface area contributed by atoms with E-state index in [1.54, 1.807) is 25.1 Å². The summed E-state index contributed by atoms with van der Waals surface area (Å²) in [5.74, 6) is 0.193. The molecule has 0 atom stereocenters. The number of rotatable bonds is 4. The Hall–Kier alpha value is -1.36. The minimum Gasteiger partial charge on any atom is -0.351 e. The predicted molar refractivity (Wildman–Crippen MR) is 52.1 cm³/mol. The van der Waals surface area contributed by atoms with Crippen LogP contribution in [0.3, 0.4) is 0 Å². The maximum atomic E-state index is 11.7. The van der Waals surface area contributed by atoms with Gasteiger partial charge in [0, 0.05) is 25.7 Å². The van der Waals surface area contributed by atoms with E-state index in [0.717, 1.165) is 12.1 Å². The Kier molecular flexibility index (Phi) is 3.64. The smallest absolute Gasteiger partial charge is 0.292 e. The first-order chi connectivity index (χ1) is 6.66. The number of amides is 1. The van der Waals surface area contributed by atoms with Crippen LogP contribution in [0, 0.1) is 6.92 Å². The number of carbonyl (C=O) groups is 1. The van der Waals surface area contributed by atoms with E-state index >= 15 is 0 Å². The summed E-state index contributed by atoms with van der Waals surface area (Å²) in [5, 5.41) is 6.54. The van der Waals surface area contributed by atoms with Crippen LogP contribution in [0.1, 0.15) is 16.1 Å². The van der Waals surface area contributed by atoms with Crippen molar-refractivity contribution in [1.82, 2.24) is 15.4 Å². The highest BCUT2D eigenvalue weighted by Gasteiger charge is 2.17. The monoisotopic (exact) mass is 197 g/mol. The fourth-order valence-corrected chi connectivity index (χ4v) is 1.05. The second kappa shape index (κ2) is 4.76. The third-order valence-corrected chi connectivity index (χ3v) is 1.99. The lowest BCUT2D eigenvalue weighted by Crippen LogP contribution is -2.32. The van der Waals surface area contributed by atoms with Gasteiger partial charge in [-0.3, -0.25) is 4.79 Å². The molecule has 1 aromatic heterocycles. The molecule has 14 heavy (non-hydrogen) atoms. The number of hydrogen-bond donors (Lipinski definition) is 1. The first-order valence-corrected chi connectivity index (χ1v) is 4.48. The minimum absolute atomic E-state index is 0.129. The summed E-state index contributed by atoms with van der Waals surface area (Å²) in [7, 11) is 3.58. The molecule has 1 amide bonds. The highest BCUT2D eigenvalue weighted by Crippen LogP contribution is 2.08. The molecule has 0 aliphatic carbocycles. The zero-order valence-electron chi connectivity index (χ0n) is 8.70. The van der Waals surface area contributed by atoms with Crippen LogP contribution in [-0.2, 0) is 0 Å². The maximum Gasteiger partial charge on any atom is 0.292 e. The molecule has 0 unspecified atom stereocenters. The zero-order chi connectivity index (χ0) is 10.6. The lowest BCUT2D eigenvalue weighted by Gasteiger charge is -2.14. The van der Waals surface area contributed by atoms with Crippen molar-refractivity contribution < 1.29 is 9.32 Å². The molecule has 1 rings (SSSR count). The average molecular weight is 197 g/mol. The molecule has 78 valence electrons. The normalized spacial score (nSPS) is 10.2. The van der Waals surface area contributed by atoms with E-state index in [4.69, 9.17) is 4.52 Å². The molecule has 0 spiro atoms. The standard InChI is InChI=1S/C9H15N3O2/c1-7-6-11-14-8(7)9(13)12(3)5-4-10-2/h6,10H,4-5H2,1-3H3. The summed E-state index contributed by atoms with van der Waals surface area (Å²) in [6.45, 7) is 3.21. The summed E-state index contributed by atoms with van der Waals surface area (Å²) in [6, 6.07) is 0. The van der Waals surface area contributed by atoms with Gasteiger partial charge in [-0.15, -0.1) is 0 Å². The number of nitrogens with zero attached hydrogens (tertiary/aromatic N) is 2. The van der Waals surface area contributed by atoms with Crippen LogP contribution in [0.2, 0.25) is 0 Å². The molecular weight excluding hydrogens is 182 g/mol. The zero-order valence-corrected chi connectivity index (χ0v) is 8.70. The summed E-state index contributed by atoms with van der Waals surface area (Å²) >= 11 is 0. The van der Waals surface area contributed by atoms with Gasteiger partial charge in [0.05, 0.1) is 6.20 Å². The van der Waals surface area contributed by atoms with E-state index in [0.29, 0.717) is 12.3 Å². The number of carbonyl (C=O) groups excluding carboxylic acids is 1. The molecular formula is C9H15N3O2. The van der Waals surface area contributed by atoms with Gasteiger partial charge in [-0.2, -0.15) is 0 Å². The summed E-state index contributed by atoms with van der Waals surface area (Å²) in [4.78, 5) is 13.3. The lowest BCUT2D eigenvalue weighted by molar-refractivity contribution is 0.0754. The van der Waals surface area contributed by atoms with Gasteiger partial charge in [-0.25, -0.2) is 0 Å². The van der Waals surface area contributed by atoms with E-state index in [9.17, 15) is 4.79 Å². The summed E-state index contributed by atoms with van der Waals surface area (Å²) < 4.78 is 4.87. The van der Waals surface area contributed by atoms with Crippen molar-refractivity contribution in [3.63, 3.8) is 0 Å². The van der Waals surface area contributed by atoms with Gasteiger partial charge in [0.2, 0.25) is 5.76 Å². The van der Waals surface area contributed by atoms with Gasteiger partial charge < -0.3 is 14.7 Å². The van der Waals surface area contributed by atoms with Gasteiger partial charge in [0.25, 0.3) is 5.91 Å². The third kappa shape index (κ3) is 2.32. The molecule has 1 heterocycles. The van der Waals surface area contributed by atoms with E-state index in [1.165, 1.54) is 0 Å². The SMILES string of the molecule is CNCCN(C)C(=O)c1oncc1C. The summed E-state index contributed by atoms with van der Waals surface area (Å²) in [5.41, 5.74) is 0.770. The molecule has 0 radical (unpaired) electrons. The molecule has 0 fully saturated rings. The molecule has 0 aromatic carbocycles. The topological polar surface area (TPSA) is 58.4 Å². The van der Waals surface area contributed by atoms with Crippen LogP contribution in [0.15, 0.2) is 10.7 Å². The van der Waals surface area contributed by atoms with Gasteiger partial charge in [0.1, 0.15) is 0 Å². The van der Waals surface area contributed by atoms with Crippen molar-refractivity contribution in [3.8, 4) is 0 Å². The number of hydrogen-bond acceptors (Lipinski definition) is 4. The average Bonchev–Trinajstić information content (AvgIpc) is 2.59. The van der Waals surface area contributed by atoms with Crippen LogP contribution in [-0.4, -0.2) is 43.1 Å². The van der Waals surface area contributed by atoms with Crippen molar-refractivity contribution in [2.75, 3.05) is 27.2 Å². The van der Waals surface area contributed by atoms with Crippen LogP contribution in [0.25, 0.3) is 0 Å². The lowest BCUT2D eigenvalue weighted by atomic mass is 10.2. The molecule has 0 aliphatic rings. The molecule has 0 saturated carbocycles. The summed E-state index contributed by atoms with van der Waals surface area (Å²) in [6.07, 6.45) is 1.54. The quantitative estimate of drug-likeness (QED) is 0.753. The second-order valence-corrected chi connectivity index (χ2v) is 3.17. The van der Waals surface area contributed by atoms with Crippen molar-refractivity contribution in [1.29, 1.82) is 0 Å². The van der Waals surface area contributed by atoms with E-state index < -0.39 is 0 Å². The fourth-order valence-electron chi connectivity index (χ4n) is 1.05. The van der Waals surface area contributed by atoms with Gasteiger partial charge >= 0.3 is 0 Å². The van der Waals surface area contributed by atoms with Crippen molar-refractivity contribution in [2.45, 2.75) is 6.92 Å². The molecule has 0 bridgehead atoms. The number of aryl methyl sites for hydroxylation is 1. The van der Waals surface area contributed by atoms with Crippen LogP contribution >= 0.6 is 0 Å². The Balaban J connectivity index is 2.61. The Morgan fingerprint density at radius 1 is 1.71 bits per heavy atom. The molecule has 5 heteroatoms. The minimum atomic E-state index is -0.129. The van der Waals surface area contributed by atoms with Gasteiger partial charge in [0.15, 0.2) is 0 Å². The molecule has 0 saturated heterocycles. The Morgan fingerprint density at radius 2 is 2.43 bits per heavy atom. The van der Waals surface area contributed by atoms with Gasteiger partial charge in [-0.1, -0.05) is 5.16 Å². The van der Waals surface area contributed by atoms with Crippen LogP contribution in [0.5, 0.6) is 0 Å². The van der Waals surface area contributed by atoms with E-state index in [-0.39, 0.29) is 5.91 Å². The first-order valence-electron chi connectivity index (χ1n) is 4.48. The predicted octanol–water partition coefficient (Wildman–Crippen LogP) is 0.274. The van der Waals surface area contributed by atoms with Crippen LogP contribution < -0.4 is 5.32 Å². The number of aromatic nitrogens is 1. The van der Waals surface area contributed by atoms with E-state index in [1.807, 2.05) is 7.05 Å². The molecule has 1 N–H and O–H groups in total. The molecule has 1 aromatic rings. The van der Waals surface area contributed by atoms with E-state index in [2.05, 4.69) is 10.5 Å². The maximum absolute atomic E-state index is 11.7. The highest BCUT2D eigenvalue weighted by molar-refractivity contribution is 5.92. The number of nitrogens with one attached hydrogen (secondary N) is 1. The largest absolute Gasteiger partial charge is 0.351 e. The Morgan fingerprint density at radius 3 is 2.93 bits per heavy atom. The Bertz CT molecular complexity index is 309. The molecule has 0 aliphatic heterocycles. The third-order valence-electron chi connectivity index (χ3n) is 1.99. The molecule has 5 nitrogen and oxygen atoms in total. The Labute approximate surface area is 83.1 Å².